The van der Waals surface area contributed by atoms with Gasteiger partial charge in [-0.3, -0.25) is 0 Å². The van der Waals surface area contributed by atoms with Crippen LogP contribution in [0.2, 0.25) is 0 Å². The van der Waals surface area contributed by atoms with Crippen LogP contribution in [0.1, 0.15) is 225 Å². The van der Waals surface area contributed by atoms with Crippen molar-refractivity contribution in [3.8, 4) is 0 Å². The highest BCUT2D eigenvalue weighted by Gasteiger charge is 2.64. The molecule has 10 aliphatic rings. The van der Waals surface area contributed by atoms with E-state index in [4.69, 9.17) is 14.6 Å². The van der Waals surface area contributed by atoms with Crippen molar-refractivity contribution in [3.05, 3.63) is 30.3 Å². The van der Waals surface area contributed by atoms with Gasteiger partial charge in [-0.2, -0.15) is 0 Å². The quantitative estimate of drug-likeness (QED) is 0.154. The molecule has 0 bridgehead atoms. The summed E-state index contributed by atoms with van der Waals surface area (Å²) in [7, 11) is -2.63. The fraction of sp³-hybridized carbons (Fsp3) is 0.909. The van der Waals surface area contributed by atoms with Crippen molar-refractivity contribution in [1.29, 1.82) is 0 Å². The van der Waals surface area contributed by atoms with Crippen molar-refractivity contribution in [2.45, 2.75) is 258 Å². The lowest BCUT2D eigenvalue weighted by Gasteiger charge is -2.62. The fourth-order valence-corrected chi connectivity index (χ4v) is 23.2. The van der Waals surface area contributed by atoms with Crippen molar-refractivity contribution in [3.63, 3.8) is 0 Å². The molecule has 11 rings (SSSR count). The average Bonchev–Trinajstić information content (AvgIpc) is 4.16. The summed E-state index contributed by atoms with van der Waals surface area (Å²) >= 11 is 0. The highest BCUT2D eigenvalue weighted by molar-refractivity contribution is 7.92. The molecule has 10 fully saturated rings. The summed E-state index contributed by atoms with van der Waals surface area (Å²) in [5.74, 6) is 7.90. The highest BCUT2D eigenvalue weighted by atomic mass is 32.2. The maximum Gasteiger partial charge on any atom is 0.181 e. The third-order valence-electron chi connectivity index (χ3n) is 25.2. The minimum atomic E-state index is -3.63. The molecule has 76 heavy (non-hydrogen) atoms. The van der Waals surface area contributed by atoms with Crippen LogP contribution in [0.5, 0.6) is 0 Å². The van der Waals surface area contributed by atoms with E-state index in [-0.39, 0.29) is 46.6 Å². The lowest BCUT2D eigenvalue weighted by Crippen LogP contribution is -2.56. The Balaban J connectivity index is 0.000000236. The van der Waals surface area contributed by atoms with Crippen molar-refractivity contribution in [1.82, 2.24) is 0 Å². The van der Waals surface area contributed by atoms with Crippen LogP contribution in [0.15, 0.2) is 35.2 Å². The van der Waals surface area contributed by atoms with Gasteiger partial charge in [0.15, 0.2) is 9.84 Å². The number of ether oxygens (including phenoxy) is 2. The van der Waals surface area contributed by atoms with E-state index in [0.29, 0.717) is 70.4 Å². The Labute approximate surface area is 465 Å². The van der Waals surface area contributed by atoms with E-state index in [9.17, 15) is 28.8 Å². The van der Waals surface area contributed by atoms with Gasteiger partial charge in [0, 0.05) is 33.2 Å². The van der Waals surface area contributed by atoms with Crippen LogP contribution in [-0.2, 0) is 19.3 Å². The average molecular weight is 1090 g/mol. The second-order valence-electron chi connectivity index (χ2n) is 29.2. The first kappa shape index (κ1) is 64.1. The Morgan fingerprint density at radius 3 is 1.46 bits per heavy atom. The summed E-state index contributed by atoms with van der Waals surface area (Å²) in [6, 6.07) is 8.90. The molecule has 8 saturated carbocycles. The largest absolute Gasteiger partial charge is 0.400 e. The number of rotatable bonds is 10. The van der Waals surface area contributed by atoms with Crippen LogP contribution in [0.3, 0.4) is 0 Å². The lowest BCUT2D eigenvalue weighted by atomic mass is 9.43. The predicted octanol–water partition coefficient (Wildman–Crippen LogP) is 13.9. The van der Waals surface area contributed by atoms with Gasteiger partial charge in [0.25, 0.3) is 0 Å². The molecule has 2 heterocycles. The van der Waals surface area contributed by atoms with Gasteiger partial charge < -0.3 is 35.0 Å². The maximum absolute atomic E-state index is 14.2. The molecule has 0 aromatic heterocycles. The van der Waals surface area contributed by atoms with Crippen LogP contribution in [0, 0.1) is 92.7 Å². The Hall–Kier alpha value is -1.11. The number of aliphatic hydroxyl groups excluding tert-OH is 1. The number of benzene rings is 1. The minimum Gasteiger partial charge on any atom is -0.400 e. The maximum atomic E-state index is 14.2. The van der Waals surface area contributed by atoms with Crippen LogP contribution < -0.4 is 0 Å². The molecule has 10 heteroatoms. The molecule has 5 N–H and O–H groups in total. The van der Waals surface area contributed by atoms with Gasteiger partial charge in [-0.1, -0.05) is 82.0 Å². The lowest BCUT2D eigenvalue weighted by molar-refractivity contribution is -0.148. The Morgan fingerprint density at radius 2 is 0.987 bits per heavy atom. The van der Waals surface area contributed by atoms with Gasteiger partial charge in [0.1, 0.15) is 0 Å². The third-order valence-corrected chi connectivity index (χ3v) is 27.6. The van der Waals surface area contributed by atoms with E-state index in [1.807, 2.05) is 13.0 Å². The Morgan fingerprint density at radius 1 is 0.539 bits per heavy atom. The topological polar surface area (TPSA) is 154 Å². The van der Waals surface area contributed by atoms with Crippen LogP contribution in [0.25, 0.3) is 0 Å². The zero-order valence-electron chi connectivity index (χ0n) is 47.3. The van der Waals surface area contributed by atoms with Crippen molar-refractivity contribution in [2.75, 3.05) is 33.5 Å². The molecule has 1 aromatic carbocycles. The molecule has 8 aliphatic carbocycles. The zero-order valence-corrected chi connectivity index (χ0v) is 48.1. The summed E-state index contributed by atoms with van der Waals surface area (Å²) in [5.41, 5.74) is -1.16. The van der Waals surface area contributed by atoms with Gasteiger partial charge in [-0.15, -0.1) is 0 Å². The van der Waals surface area contributed by atoms with Gasteiger partial charge in [0.05, 0.1) is 45.8 Å². The molecule has 3 unspecified atom stereocenters. The molecular weight excluding hydrogens is 969 g/mol. The molecule has 9 nitrogen and oxygen atoms in total. The minimum absolute atomic E-state index is 0. The van der Waals surface area contributed by atoms with E-state index in [1.54, 1.807) is 24.3 Å². The standard InChI is InChI=1S/C34H52O5S.C28H48O3.CH4O.3CH4/c1-23(30(21-34(36)18-19-39-22-34)40(37,38)25-8-6-5-7-9-25)27-12-13-28-26-11-10-24-20-31(2,35)16-17-32(24,3)29(26)14-15-33(27,28)4;1-19(9-12-28(30)15-16-31-18-28)22-7-8-23-21-6-5-20-17-25(2,29)13-14-26(20,3)24(21)10-11-27(22,23)4;1-2;;;/h5-9,23-24,26-30,35-36H,10-22H2,1-4H3;19-24,29-30H,5-18H2,1-4H3;2H,1H3;3*1H4/t23-,24-,26-,27+,28-,29-,30?,31-,32-,33+,34?;19-,20+,21+,22-,23+,24+,25+,26+,27-,28?;;;;/m01..../s1. The molecule has 1 aromatic rings. The summed E-state index contributed by atoms with van der Waals surface area (Å²) in [6.45, 7) is 21.0. The van der Waals surface area contributed by atoms with E-state index < -0.39 is 37.5 Å². The molecule has 440 valence electrons. The summed E-state index contributed by atoms with van der Waals surface area (Å²) < 4.78 is 39.5. The number of sulfone groups is 1. The molecule has 0 amide bonds. The first-order valence-corrected chi connectivity index (χ1v) is 31.7. The van der Waals surface area contributed by atoms with Gasteiger partial charge in [-0.25, -0.2) is 8.42 Å². The smallest absolute Gasteiger partial charge is 0.181 e. The Bertz CT molecular complexity index is 2130. The Kier molecular flexibility index (Phi) is 19.9. The van der Waals surface area contributed by atoms with Gasteiger partial charge in [-0.05, 0) is 253 Å². The van der Waals surface area contributed by atoms with E-state index in [0.717, 1.165) is 113 Å². The normalized spacial score (nSPS) is 47.2. The van der Waals surface area contributed by atoms with E-state index in [2.05, 4.69) is 48.5 Å². The van der Waals surface area contributed by atoms with Crippen molar-refractivity contribution >= 4 is 9.84 Å². The van der Waals surface area contributed by atoms with Gasteiger partial charge >= 0.3 is 0 Å². The second kappa shape index (κ2) is 23.6. The highest BCUT2D eigenvalue weighted by Crippen LogP contribution is 2.71. The second-order valence-corrected chi connectivity index (χ2v) is 31.4. The molecule has 0 spiro atoms. The number of fused-ring (bicyclic) bond motifs is 10. The fourth-order valence-electron chi connectivity index (χ4n) is 21.0. The number of hydrogen-bond acceptors (Lipinski definition) is 9. The summed E-state index contributed by atoms with van der Waals surface area (Å²) in [5, 5.41) is 50.1. The SMILES string of the molecule is C.C.C.CO.C[C@H](C(CC1(O)CCOC1)S(=O)(=O)c1ccccc1)[C@H]1CC[C@H]2[C@@H]3CC[C@H]4C[C@@](C)(O)CC[C@]4(C)[C@H]3CC[C@]12C.C[C@H](CCC1(O)CCOC1)[C@H]1CC[C@H]2[C@@H]3CC[C@H]4C[C@@](C)(O)CC[C@]4(C)[C@H]3CC[C@]12C. The molecule has 2 aliphatic heterocycles. The number of aliphatic hydroxyl groups is 5. The third kappa shape index (κ3) is 11.6. The van der Waals surface area contributed by atoms with E-state index >= 15 is 0 Å². The summed E-state index contributed by atoms with van der Waals surface area (Å²) in [4.78, 5) is 0.372. The summed E-state index contributed by atoms with van der Waals surface area (Å²) in [6.07, 6.45) is 25.4. The van der Waals surface area contributed by atoms with Crippen molar-refractivity contribution in [2.24, 2.45) is 92.7 Å². The van der Waals surface area contributed by atoms with Crippen LogP contribution in [-0.4, -0.2) is 95.1 Å². The number of hydrogen-bond donors (Lipinski definition) is 5. The first-order valence-electron chi connectivity index (χ1n) is 30.1. The predicted molar refractivity (Wildman–Crippen MR) is 310 cm³/mol. The van der Waals surface area contributed by atoms with Crippen molar-refractivity contribution < 1.29 is 43.4 Å². The first-order chi connectivity index (χ1) is 34.4. The zero-order chi connectivity index (χ0) is 52.6. The van der Waals surface area contributed by atoms with E-state index in [1.165, 1.54) is 70.6 Å². The molecular formula is C66H116O9S. The van der Waals surface area contributed by atoms with Crippen LogP contribution in [0.4, 0.5) is 0 Å². The monoisotopic (exact) mass is 1080 g/mol. The molecule has 2 saturated heterocycles. The molecule has 0 radical (unpaired) electrons. The molecule has 21 atom stereocenters. The van der Waals surface area contributed by atoms with Gasteiger partial charge in [0.2, 0.25) is 0 Å². The van der Waals surface area contributed by atoms with Crippen LogP contribution >= 0.6 is 0 Å².